The molecule has 5 fully saturated rings. The van der Waals surface area contributed by atoms with E-state index in [0.29, 0.717) is 22.8 Å². The van der Waals surface area contributed by atoms with Crippen molar-refractivity contribution in [1.82, 2.24) is 4.90 Å². The molecule has 2 N–H and O–H groups in total. The van der Waals surface area contributed by atoms with Crippen molar-refractivity contribution in [3.05, 3.63) is 35.9 Å². The second kappa shape index (κ2) is 6.28. The van der Waals surface area contributed by atoms with Crippen LogP contribution >= 0.6 is 12.2 Å². The van der Waals surface area contributed by atoms with Crippen LogP contribution < -0.4 is 5.73 Å². The summed E-state index contributed by atoms with van der Waals surface area (Å²) in [6.07, 6.45) is 7.88. The number of hydrogen-bond acceptors (Lipinski definition) is 2. The van der Waals surface area contributed by atoms with Gasteiger partial charge in [-0.2, -0.15) is 0 Å². The second-order valence-electron chi connectivity index (χ2n) is 11.2. The normalized spacial score (nSPS) is 43.5. The molecule has 1 aliphatic heterocycles. The van der Waals surface area contributed by atoms with Gasteiger partial charge in [-0.25, -0.2) is 0 Å². The van der Waals surface area contributed by atoms with Crippen LogP contribution in [-0.4, -0.2) is 29.0 Å². The molecular weight excluding hydrogens is 360 g/mol. The van der Waals surface area contributed by atoms with E-state index < -0.39 is 0 Å². The number of nitrogens with zero attached hydrogens (tertiary/aromatic N) is 1. The first-order chi connectivity index (χ1) is 13.3. The van der Waals surface area contributed by atoms with E-state index >= 15 is 0 Å². The van der Waals surface area contributed by atoms with Crippen LogP contribution in [0.1, 0.15) is 64.9 Å². The maximum absolute atomic E-state index is 6.40. The van der Waals surface area contributed by atoms with Gasteiger partial charge in [-0.15, -0.1) is 0 Å². The summed E-state index contributed by atoms with van der Waals surface area (Å²) in [5.74, 6) is 2.18. The fraction of sp³-hybridized carbons (Fsp3) is 0.720. The van der Waals surface area contributed by atoms with E-state index in [1.165, 1.54) is 37.1 Å². The van der Waals surface area contributed by atoms with Crippen molar-refractivity contribution < 1.29 is 0 Å². The fourth-order valence-corrected chi connectivity index (χ4v) is 8.40. The average Bonchev–Trinajstić information content (AvgIpc) is 3.06. The zero-order valence-electron chi connectivity index (χ0n) is 17.8. The fourth-order valence-electron chi connectivity index (χ4n) is 7.89. The molecule has 1 saturated heterocycles. The predicted molar refractivity (Wildman–Crippen MR) is 120 cm³/mol. The molecule has 6 rings (SSSR count). The Morgan fingerprint density at radius 2 is 1.93 bits per heavy atom. The summed E-state index contributed by atoms with van der Waals surface area (Å²) in [4.78, 5) is 3.84. The molecule has 0 radical (unpaired) electrons. The summed E-state index contributed by atoms with van der Waals surface area (Å²) in [5, 5.41) is 0. The molecule has 0 spiro atoms. The average molecular weight is 397 g/mol. The molecule has 5 unspecified atom stereocenters. The van der Waals surface area contributed by atoms with Crippen molar-refractivity contribution in [1.29, 1.82) is 0 Å². The number of rotatable bonds is 3. The molecule has 1 heterocycles. The summed E-state index contributed by atoms with van der Waals surface area (Å²) in [7, 11) is 0. The van der Waals surface area contributed by atoms with Crippen molar-refractivity contribution in [2.75, 3.05) is 13.1 Å². The van der Waals surface area contributed by atoms with Crippen molar-refractivity contribution in [2.45, 2.75) is 70.8 Å². The van der Waals surface area contributed by atoms with Gasteiger partial charge in [-0.1, -0.05) is 69.7 Å². The number of thiocarbonyl (C=S) groups is 1. The molecule has 2 nitrogen and oxygen atoms in total. The molecule has 4 aliphatic carbocycles. The van der Waals surface area contributed by atoms with Crippen LogP contribution in [0.2, 0.25) is 0 Å². The van der Waals surface area contributed by atoms with E-state index in [2.05, 4.69) is 56.0 Å². The molecule has 4 saturated carbocycles. The molecule has 28 heavy (non-hydrogen) atoms. The van der Waals surface area contributed by atoms with Gasteiger partial charge in [-0.05, 0) is 65.7 Å². The van der Waals surface area contributed by atoms with Gasteiger partial charge in [0.15, 0.2) is 0 Å². The van der Waals surface area contributed by atoms with Gasteiger partial charge in [0.25, 0.3) is 0 Å². The third-order valence-corrected chi connectivity index (χ3v) is 9.88. The highest BCUT2D eigenvalue weighted by Gasteiger charge is 2.68. The third-order valence-electron chi connectivity index (χ3n) is 9.35. The second-order valence-corrected chi connectivity index (χ2v) is 11.6. The van der Waals surface area contributed by atoms with Gasteiger partial charge in [0.05, 0.1) is 4.99 Å². The molecule has 5 aliphatic rings. The van der Waals surface area contributed by atoms with Gasteiger partial charge in [0, 0.05) is 25.0 Å². The van der Waals surface area contributed by atoms with Crippen LogP contribution in [0.5, 0.6) is 0 Å². The molecular formula is C25H36N2S. The summed E-state index contributed by atoms with van der Waals surface area (Å²) < 4.78 is 0. The first-order valence-electron chi connectivity index (χ1n) is 11.4. The maximum Gasteiger partial charge on any atom is 0.0816 e. The van der Waals surface area contributed by atoms with Crippen LogP contribution in [0.25, 0.3) is 0 Å². The summed E-state index contributed by atoms with van der Waals surface area (Å²) in [6.45, 7) is 9.16. The maximum atomic E-state index is 6.40. The minimum atomic E-state index is 0.159. The van der Waals surface area contributed by atoms with Crippen molar-refractivity contribution in [2.24, 2.45) is 34.3 Å². The lowest BCUT2D eigenvalue weighted by Gasteiger charge is -2.48. The Morgan fingerprint density at radius 1 is 1.18 bits per heavy atom. The quantitative estimate of drug-likeness (QED) is 0.716. The minimum absolute atomic E-state index is 0.159. The largest absolute Gasteiger partial charge is 0.365 e. The van der Waals surface area contributed by atoms with Gasteiger partial charge < -0.3 is 10.6 Å². The zero-order chi connectivity index (χ0) is 19.7. The topological polar surface area (TPSA) is 29.3 Å². The third kappa shape index (κ3) is 2.58. The van der Waals surface area contributed by atoms with Crippen LogP contribution in [-0.2, 0) is 5.41 Å². The van der Waals surface area contributed by atoms with Gasteiger partial charge in [0.1, 0.15) is 0 Å². The molecule has 0 amide bonds. The highest BCUT2D eigenvalue weighted by molar-refractivity contribution is 7.80. The standard InChI is InChI=1S/C25H36N2S/c1-4-24-12-17-13-25(15-24,18-8-6-5-7-9-18)14-19(24)21(17)22(28)27-11-10-20(26)23(2,3)16-27/h5-9,17,19-21H,4,10-16,26H2,1-3H3/t17?,19?,20-,21?,24?,25?/m0/s1. The summed E-state index contributed by atoms with van der Waals surface area (Å²) in [5.41, 5.74) is 9.09. The van der Waals surface area contributed by atoms with Crippen LogP contribution in [0.4, 0.5) is 0 Å². The number of hydrogen-bond donors (Lipinski definition) is 1. The molecule has 1 aromatic carbocycles. The lowest BCUT2D eigenvalue weighted by atomic mass is 9.61. The van der Waals surface area contributed by atoms with Crippen LogP contribution in [0.15, 0.2) is 30.3 Å². The highest BCUT2D eigenvalue weighted by Crippen LogP contribution is 2.74. The SMILES string of the molecule is CCC12CC3CC(c4ccccc4)(CC1C3C(=S)N1CC[C@H](N)C(C)(C)C1)C2. The first kappa shape index (κ1) is 19.1. The van der Waals surface area contributed by atoms with E-state index in [4.69, 9.17) is 18.0 Å². The predicted octanol–water partition coefficient (Wildman–Crippen LogP) is 5.16. The van der Waals surface area contributed by atoms with Gasteiger partial charge >= 0.3 is 0 Å². The van der Waals surface area contributed by atoms with E-state index in [1.807, 2.05) is 0 Å². The lowest BCUT2D eigenvalue weighted by molar-refractivity contribution is 0.134. The Hall–Kier alpha value is -0.930. The summed E-state index contributed by atoms with van der Waals surface area (Å²) in [6, 6.07) is 11.7. The first-order valence-corrected chi connectivity index (χ1v) is 11.8. The Balaban J connectivity index is 1.43. The molecule has 6 atom stereocenters. The van der Waals surface area contributed by atoms with Crippen molar-refractivity contribution in [3.8, 4) is 0 Å². The number of nitrogens with two attached hydrogens (primary N) is 1. The Labute approximate surface area is 176 Å². The van der Waals surface area contributed by atoms with E-state index in [-0.39, 0.29) is 5.41 Å². The number of benzene rings is 1. The van der Waals surface area contributed by atoms with E-state index in [1.54, 1.807) is 5.56 Å². The molecule has 1 aromatic rings. The van der Waals surface area contributed by atoms with Gasteiger partial charge in [-0.3, -0.25) is 0 Å². The van der Waals surface area contributed by atoms with Crippen LogP contribution in [0, 0.1) is 28.6 Å². The molecule has 152 valence electrons. The Bertz CT molecular complexity index is 774. The minimum Gasteiger partial charge on any atom is -0.365 e. The zero-order valence-corrected chi connectivity index (χ0v) is 18.6. The number of likely N-dealkylation sites (tertiary alicyclic amines) is 1. The Morgan fingerprint density at radius 3 is 2.61 bits per heavy atom. The summed E-state index contributed by atoms with van der Waals surface area (Å²) >= 11 is 6.24. The molecule has 0 aromatic heterocycles. The van der Waals surface area contributed by atoms with Crippen LogP contribution in [0.3, 0.4) is 0 Å². The Kier molecular flexibility index (Phi) is 4.28. The van der Waals surface area contributed by atoms with Crippen molar-refractivity contribution >= 4 is 17.2 Å². The van der Waals surface area contributed by atoms with Crippen molar-refractivity contribution in [3.63, 3.8) is 0 Å². The molecule has 4 bridgehead atoms. The van der Waals surface area contributed by atoms with E-state index in [9.17, 15) is 0 Å². The monoisotopic (exact) mass is 396 g/mol. The lowest BCUT2D eigenvalue weighted by Crippen LogP contribution is -2.55. The highest BCUT2D eigenvalue weighted by atomic mass is 32.1. The van der Waals surface area contributed by atoms with Gasteiger partial charge in [0.2, 0.25) is 0 Å². The smallest absolute Gasteiger partial charge is 0.0816 e. The number of piperidine rings is 1. The van der Waals surface area contributed by atoms with E-state index in [0.717, 1.165) is 31.3 Å². The molecule has 3 heteroatoms.